The number of thioether (sulfide) groups is 1. The minimum Gasteiger partial charge on any atom is -0.490 e. The molecule has 2 unspecified atom stereocenters. The summed E-state index contributed by atoms with van der Waals surface area (Å²) in [7, 11) is 0. The SMILES string of the molecule is CC1=C(C(=O)OCCOc2ccccc2)SC2NCNC(=O)C12. The molecule has 1 aromatic carbocycles. The molecule has 1 amide bonds. The van der Waals surface area contributed by atoms with E-state index in [4.69, 9.17) is 9.47 Å². The first-order valence-corrected chi connectivity index (χ1v) is 8.28. The number of esters is 1. The molecule has 2 aliphatic rings. The van der Waals surface area contributed by atoms with E-state index < -0.39 is 5.97 Å². The standard InChI is InChI=1S/C16H18N2O4S/c1-10-12-14(19)17-9-18-15(12)23-13(10)16(20)22-8-7-21-11-5-3-2-4-6-11/h2-6,12,15,18H,7-9H2,1H3,(H,17,19). The number of para-hydroxylation sites is 1. The zero-order valence-corrected chi connectivity index (χ0v) is 13.5. The van der Waals surface area contributed by atoms with Gasteiger partial charge in [-0.3, -0.25) is 10.1 Å². The summed E-state index contributed by atoms with van der Waals surface area (Å²) in [6.07, 6.45) is 0. The van der Waals surface area contributed by atoms with Gasteiger partial charge in [0, 0.05) is 0 Å². The Morgan fingerprint density at radius 1 is 1.30 bits per heavy atom. The number of hydrogen-bond acceptors (Lipinski definition) is 6. The molecule has 1 aromatic rings. The van der Waals surface area contributed by atoms with Crippen molar-refractivity contribution in [3.63, 3.8) is 0 Å². The molecule has 2 N–H and O–H groups in total. The van der Waals surface area contributed by atoms with Crippen molar-refractivity contribution in [2.75, 3.05) is 19.9 Å². The first-order chi connectivity index (χ1) is 11.2. The molecule has 0 saturated carbocycles. The maximum absolute atomic E-state index is 12.2. The van der Waals surface area contributed by atoms with Crippen molar-refractivity contribution in [3.05, 3.63) is 40.8 Å². The summed E-state index contributed by atoms with van der Waals surface area (Å²) in [5, 5.41) is 5.83. The fourth-order valence-electron chi connectivity index (χ4n) is 2.58. The molecular weight excluding hydrogens is 316 g/mol. The van der Waals surface area contributed by atoms with Crippen molar-refractivity contribution >= 4 is 23.6 Å². The van der Waals surface area contributed by atoms with Crippen molar-refractivity contribution in [1.82, 2.24) is 10.6 Å². The van der Waals surface area contributed by atoms with Gasteiger partial charge < -0.3 is 14.8 Å². The Balaban J connectivity index is 1.51. The molecule has 0 radical (unpaired) electrons. The lowest BCUT2D eigenvalue weighted by Crippen LogP contribution is -2.52. The van der Waals surface area contributed by atoms with E-state index in [1.54, 1.807) is 6.92 Å². The van der Waals surface area contributed by atoms with Gasteiger partial charge in [0.05, 0.1) is 22.9 Å². The predicted octanol–water partition coefficient (Wildman–Crippen LogP) is 1.25. The molecular formula is C16H18N2O4S. The molecule has 0 bridgehead atoms. The lowest BCUT2D eigenvalue weighted by Gasteiger charge is -2.26. The highest BCUT2D eigenvalue weighted by Gasteiger charge is 2.42. The summed E-state index contributed by atoms with van der Waals surface area (Å²) in [6, 6.07) is 9.35. The topological polar surface area (TPSA) is 76.7 Å². The van der Waals surface area contributed by atoms with Crippen molar-refractivity contribution < 1.29 is 19.1 Å². The Morgan fingerprint density at radius 2 is 2.09 bits per heavy atom. The fraction of sp³-hybridized carbons (Fsp3) is 0.375. The third kappa shape index (κ3) is 3.51. The molecule has 2 aliphatic heterocycles. The van der Waals surface area contributed by atoms with Crippen LogP contribution in [0.1, 0.15) is 6.92 Å². The first kappa shape index (κ1) is 15.9. The average molecular weight is 334 g/mol. The lowest BCUT2D eigenvalue weighted by atomic mass is 9.98. The molecule has 0 spiro atoms. The molecule has 3 rings (SSSR count). The zero-order valence-electron chi connectivity index (χ0n) is 12.7. The Labute approximate surface area is 138 Å². The number of amides is 1. The highest BCUT2D eigenvalue weighted by atomic mass is 32.2. The number of carbonyl (C=O) groups is 2. The van der Waals surface area contributed by atoms with Crippen LogP contribution >= 0.6 is 11.8 Å². The number of ether oxygens (including phenoxy) is 2. The molecule has 7 heteroatoms. The van der Waals surface area contributed by atoms with Crippen molar-refractivity contribution in [2.45, 2.75) is 12.3 Å². The second kappa shape index (κ2) is 7.06. The summed E-state index contributed by atoms with van der Waals surface area (Å²) in [6.45, 7) is 2.69. The van der Waals surface area contributed by atoms with Crippen molar-refractivity contribution in [3.8, 4) is 5.75 Å². The van der Waals surface area contributed by atoms with E-state index in [0.717, 1.165) is 11.3 Å². The van der Waals surface area contributed by atoms with Crippen LogP contribution in [0.3, 0.4) is 0 Å². The Kier molecular flexibility index (Phi) is 4.88. The van der Waals surface area contributed by atoms with Gasteiger partial charge in [0.25, 0.3) is 0 Å². The van der Waals surface area contributed by atoms with Gasteiger partial charge in [-0.2, -0.15) is 0 Å². The third-order valence-electron chi connectivity index (χ3n) is 3.73. The van der Waals surface area contributed by atoms with Gasteiger partial charge in [0.2, 0.25) is 5.91 Å². The van der Waals surface area contributed by atoms with Crippen molar-refractivity contribution in [1.29, 1.82) is 0 Å². The van der Waals surface area contributed by atoms with Crippen LogP contribution in [0.5, 0.6) is 5.75 Å². The average Bonchev–Trinajstić information content (AvgIpc) is 2.91. The molecule has 6 nitrogen and oxygen atoms in total. The highest BCUT2D eigenvalue weighted by Crippen LogP contribution is 2.42. The fourth-order valence-corrected chi connectivity index (χ4v) is 3.94. The van der Waals surface area contributed by atoms with Gasteiger partial charge in [0.15, 0.2) is 0 Å². The van der Waals surface area contributed by atoms with E-state index in [-0.39, 0.29) is 23.8 Å². The Hall–Kier alpha value is -1.99. The number of nitrogens with one attached hydrogen (secondary N) is 2. The van der Waals surface area contributed by atoms with E-state index in [2.05, 4.69) is 10.6 Å². The molecule has 1 saturated heterocycles. The number of fused-ring (bicyclic) bond motifs is 1. The van der Waals surface area contributed by atoms with Crippen LogP contribution in [0.4, 0.5) is 0 Å². The van der Waals surface area contributed by atoms with Crippen LogP contribution < -0.4 is 15.4 Å². The number of benzene rings is 1. The maximum atomic E-state index is 12.2. The minimum absolute atomic E-state index is 0.0473. The number of carbonyl (C=O) groups excluding carboxylic acids is 2. The monoisotopic (exact) mass is 334 g/mol. The van der Waals surface area contributed by atoms with Gasteiger partial charge in [-0.1, -0.05) is 30.0 Å². The predicted molar refractivity (Wildman–Crippen MR) is 86.6 cm³/mol. The van der Waals surface area contributed by atoms with Crippen LogP contribution in [0.2, 0.25) is 0 Å². The first-order valence-electron chi connectivity index (χ1n) is 7.40. The normalized spacial score (nSPS) is 23.3. The van der Waals surface area contributed by atoms with E-state index in [0.29, 0.717) is 18.2 Å². The van der Waals surface area contributed by atoms with E-state index in [9.17, 15) is 9.59 Å². The van der Waals surface area contributed by atoms with Gasteiger partial charge in [-0.25, -0.2) is 4.79 Å². The molecule has 2 heterocycles. The molecule has 2 atom stereocenters. The summed E-state index contributed by atoms with van der Waals surface area (Å²) in [5.41, 5.74) is 0.763. The largest absolute Gasteiger partial charge is 0.490 e. The van der Waals surface area contributed by atoms with Gasteiger partial charge in [-0.15, -0.1) is 0 Å². The van der Waals surface area contributed by atoms with E-state index in [1.165, 1.54) is 11.8 Å². The second-order valence-corrected chi connectivity index (χ2v) is 6.40. The van der Waals surface area contributed by atoms with Crippen LogP contribution in [0.25, 0.3) is 0 Å². The zero-order chi connectivity index (χ0) is 16.2. The smallest absolute Gasteiger partial charge is 0.344 e. The molecule has 1 fully saturated rings. The lowest BCUT2D eigenvalue weighted by molar-refractivity contribution is -0.138. The summed E-state index contributed by atoms with van der Waals surface area (Å²) >= 11 is 1.36. The number of hydrogen-bond donors (Lipinski definition) is 2. The third-order valence-corrected chi connectivity index (χ3v) is 5.15. The summed E-state index contributed by atoms with van der Waals surface area (Å²) < 4.78 is 10.7. The second-order valence-electron chi connectivity index (χ2n) is 5.25. The maximum Gasteiger partial charge on any atom is 0.344 e. The molecule has 23 heavy (non-hydrogen) atoms. The summed E-state index contributed by atoms with van der Waals surface area (Å²) in [4.78, 5) is 24.6. The Bertz CT molecular complexity index is 632. The Morgan fingerprint density at radius 3 is 2.83 bits per heavy atom. The summed E-state index contributed by atoms with van der Waals surface area (Å²) in [5.74, 6) is -0.0138. The van der Waals surface area contributed by atoms with Crippen LogP contribution in [-0.2, 0) is 14.3 Å². The quantitative estimate of drug-likeness (QED) is 0.623. The number of rotatable bonds is 5. The molecule has 0 aliphatic carbocycles. The van der Waals surface area contributed by atoms with Gasteiger partial charge in [0.1, 0.15) is 19.0 Å². The van der Waals surface area contributed by atoms with Crippen LogP contribution in [-0.4, -0.2) is 37.1 Å². The van der Waals surface area contributed by atoms with E-state index >= 15 is 0 Å². The molecule has 0 aromatic heterocycles. The van der Waals surface area contributed by atoms with E-state index in [1.807, 2.05) is 30.3 Å². The minimum atomic E-state index is -0.395. The van der Waals surface area contributed by atoms with Crippen molar-refractivity contribution in [2.24, 2.45) is 5.92 Å². The van der Waals surface area contributed by atoms with Gasteiger partial charge >= 0.3 is 5.97 Å². The molecule has 122 valence electrons. The van der Waals surface area contributed by atoms with Gasteiger partial charge in [-0.05, 0) is 24.6 Å². The van der Waals surface area contributed by atoms with Crippen LogP contribution in [0.15, 0.2) is 40.8 Å². The van der Waals surface area contributed by atoms with Crippen LogP contribution in [0, 0.1) is 5.92 Å². The highest BCUT2D eigenvalue weighted by molar-refractivity contribution is 8.04.